The van der Waals surface area contributed by atoms with E-state index in [4.69, 9.17) is 14.2 Å². The van der Waals surface area contributed by atoms with Crippen molar-refractivity contribution < 1.29 is 38.8 Å². The van der Waals surface area contributed by atoms with Crippen LogP contribution in [-0.2, 0) is 28.6 Å². The van der Waals surface area contributed by atoms with Gasteiger partial charge < -0.3 is 24.4 Å². The number of methoxy groups -OCH3 is 1. The van der Waals surface area contributed by atoms with E-state index in [1.165, 1.54) is 13.2 Å². The molecule has 2 saturated heterocycles. The SMILES string of the molecule is COC(=O)[C@H]1C2[C@@H]3CC[C@@]4(CC(O)C(=O)O4)[C@@]3(C)C[C@H]3O[C@@]23[C@@]2(C)CCC(=O)C=C2[C@@H]1O. The van der Waals surface area contributed by atoms with Crippen molar-refractivity contribution in [2.45, 2.75) is 81.9 Å². The summed E-state index contributed by atoms with van der Waals surface area (Å²) in [5.74, 6) is -2.40. The van der Waals surface area contributed by atoms with Gasteiger partial charge in [0.25, 0.3) is 0 Å². The lowest BCUT2D eigenvalue weighted by Gasteiger charge is -2.59. The molecular weight excluding hydrogens is 416 g/mol. The van der Waals surface area contributed by atoms with Crippen molar-refractivity contribution in [3.05, 3.63) is 11.6 Å². The third-order valence-corrected chi connectivity index (χ3v) is 10.3. The maximum atomic E-state index is 13.1. The Morgan fingerprint density at radius 2 is 1.94 bits per heavy atom. The van der Waals surface area contributed by atoms with Crippen LogP contribution in [0.2, 0.25) is 0 Å². The van der Waals surface area contributed by atoms with Gasteiger partial charge in [0.2, 0.25) is 0 Å². The maximum Gasteiger partial charge on any atom is 0.335 e. The van der Waals surface area contributed by atoms with Gasteiger partial charge in [-0.25, -0.2) is 4.79 Å². The van der Waals surface area contributed by atoms with E-state index in [0.29, 0.717) is 37.7 Å². The molecule has 0 bridgehead atoms. The Hall–Kier alpha value is -1.77. The van der Waals surface area contributed by atoms with E-state index >= 15 is 0 Å². The molecule has 0 aromatic rings. The lowest BCUT2D eigenvalue weighted by atomic mass is 9.43. The van der Waals surface area contributed by atoms with Crippen LogP contribution < -0.4 is 0 Å². The first kappa shape index (κ1) is 20.8. The monoisotopic (exact) mass is 446 g/mol. The van der Waals surface area contributed by atoms with Gasteiger partial charge in [-0.05, 0) is 43.3 Å². The summed E-state index contributed by atoms with van der Waals surface area (Å²) in [5.41, 5.74) is -1.92. The fourth-order valence-corrected chi connectivity index (χ4v) is 8.74. The minimum absolute atomic E-state index is 0.0421. The fraction of sp³-hybridized carbons (Fsp3) is 0.792. The second-order valence-corrected chi connectivity index (χ2v) is 11.2. The number of carbonyl (C=O) groups excluding carboxylic acids is 3. The van der Waals surface area contributed by atoms with Crippen molar-refractivity contribution in [2.75, 3.05) is 7.11 Å². The normalized spacial score (nSPS) is 55.3. The molecular formula is C24H30O8. The average Bonchev–Trinajstić information content (AvgIpc) is 3.31. The van der Waals surface area contributed by atoms with E-state index in [1.54, 1.807) is 0 Å². The molecule has 3 saturated carbocycles. The number of aliphatic hydroxyl groups excluding tert-OH is 2. The van der Waals surface area contributed by atoms with E-state index in [0.717, 1.165) is 0 Å². The third kappa shape index (κ3) is 2.08. The number of rotatable bonds is 1. The molecule has 0 aromatic carbocycles. The fourth-order valence-electron chi connectivity index (χ4n) is 8.74. The Bertz CT molecular complexity index is 973. The van der Waals surface area contributed by atoms with Gasteiger partial charge in [0, 0.05) is 29.6 Å². The van der Waals surface area contributed by atoms with Gasteiger partial charge in [0.05, 0.1) is 25.2 Å². The van der Waals surface area contributed by atoms with Crippen LogP contribution in [0.3, 0.4) is 0 Å². The number of ether oxygens (including phenoxy) is 3. The predicted octanol–water partition coefficient (Wildman–Crippen LogP) is 1.07. The minimum Gasteiger partial charge on any atom is -0.469 e. The summed E-state index contributed by atoms with van der Waals surface area (Å²) in [6, 6.07) is 0. The van der Waals surface area contributed by atoms with Crippen molar-refractivity contribution in [3.8, 4) is 0 Å². The lowest BCUT2D eigenvalue weighted by molar-refractivity contribution is -0.180. The zero-order valence-electron chi connectivity index (χ0n) is 18.6. The molecule has 2 unspecified atom stereocenters. The van der Waals surface area contributed by atoms with Crippen LogP contribution in [-0.4, -0.2) is 64.6 Å². The highest BCUT2D eigenvalue weighted by Crippen LogP contribution is 2.78. The molecule has 5 fully saturated rings. The smallest absolute Gasteiger partial charge is 0.335 e. The molecule has 8 heteroatoms. The van der Waals surface area contributed by atoms with Crippen molar-refractivity contribution in [1.29, 1.82) is 0 Å². The molecule has 2 heterocycles. The third-order valence-electron chi connectivity index (χ3n) is 10.3. The van der Waals surface area contributed by atoms with Crippen molar-refractivity contribution in [3.63, 3.8) is 0 Å². The van der Waals surface area contributed by atoms with Gasteiger partial charge in [-0.15, -0.1) is 0 Å². The molecule has 6 rings (SSSR count). The number of fused-ring (bicyclic) bond motifs is 4. The first-order valence-corrected chi connectivity index (χ1v) is 11.6. The first-order valence-electron chi connectivity index (χ1n) is 11.6. The Kier molecular flexibility index (Phi) is 3.91. The summed E-state index contributed by atoms with van der Waals surface area (Å²) in [7, 11) is 1.31. The van der Waals surface area contributed by atoms with Crippen LogP contribution in [0.15, 0.2) is 11.6 Å². The zero-order chi connectivity index (χ0) is 22.8. The number of ketones is 1. The highest BCUT2D eigenvalue weighted by atomic mass is 16.6. The summed E-state index contributed by atoms with van der Waals surface area (Å²) in [6.45, 7) is 4.14. The number of aliphatic hydroxyl groups is 2. The molecule has 32 heavy (non-hydrogen) atoms. The summed E-state index contributed by atoms with van der Waals surface area (Å²) in [5, 5.41) is 21.7. The van der Waals surface area contributed by atoms with Gasteiger partial charge in [0.1, 0.15) is 11.2 Å². The van der Waals surface area contributed by atoms with E-state index in [-0.39, 0.29) is 30.1 Å². The van der Waals surface area contributed by atoms with Gasteiger partial charge in [-0.3, -0.25) is 9.59 Å². The van der Waals surface area contributed by atoms with Crippen molar-refractivity contribution >= 4 is 17.7 Å². The second kappa shape index (κ2) is 6.02. The molecule has 2 N–H and O–H groups in total. The number of carbonyl (C=O) groups is 3. The molecule has 174 valence electrons. The summed E-state index contributed by atoms with van der Waals surface area (Å²) < 4.78 is 17.5. The maximum absolute atomic E-state index is 13.1. The van der Waals surface area contributed by atoms with Crippen LogP contribution in [0.1, 0.15) is 52.4 Å². The zero-order valence-corrected chi connectivity index (χ0v) is 18.6. The number of epoxide rings is 1. The summed E-state index contributed by atoms with van der Waals surface area (Å²) in [4.78, 5) is 37.6. The minimum atomic E-state index is -1.14. The lowest BCUT2D eigenvalue weighted by Crippen LogP contribution is -2.66. The topological polar surface area (TPSA) is 123 Å². The van der Waals surface area contributed by atoms with Crippen LogP contribution in [0.25, 0.3) is 0 Å². The number of hydrogen-bond acceptors (Lipinski definition) is 8. The summed E-state index contributed by atoms with van der Waals surface area (Å²) >= 11 is 0. The van der Waals surface area contributed by atoms with Crippen LogP contribution >= 0.6 is 0 Å². The molecule has 2 spiro atoms. The van der Waals surface area contributed by atoms with Gasteiger partial charge in [-0.2, -0.15) is 0 Å². The van der Waals surface area contributed by atoms with E-state index in [2.05, 4.69) is 13.8 Å². The van der Waals surface area contributed by atoms with E-state index in [9.17, 15) is 24.6 Å². The van der Waals surface area contributed by atoms with Crippen LogP contribution in [0, 0.1) is 28.6 Å². The Morgan fingerprint density at radius 1 is 1.19 bits per heavy atom. The Labute approximate surface area is 186 Å². The molecule has 2 aliphatic heterocycles. The molecule has 8 nitrogen and oxygen atoms in total. The highest BCUT2D eigenvalue weighted by Gasteiger charge is 2.85. The molecule has 4 aliphatic carbocycles. The quantitative estimate of drug-likeness (QED) is 0.453. The van der Waals surface area contributed by atoms with Gasteiger partial charge in [0.15, 0.2) is 11.9 Å². The Balaban J connectivity index is 1.51. The standard InChI is InChI=1S/C24H30O8/c1-21-6-4-11(25)8-13(21)18(27)16(20(29)30-3)17-12-5-7-23(9-14(26)19(28)32-23)22(12,2)10-15-24(17,21)31-15/h8,12,14-18,26-27H,4-7,9-10H2,1-3H3/t12-,14?,15+,16-,17?,18-,21-,22-,23+,24+/m0/s1. The van der Waals surface area contributed by atoms with Gasteiger partial charge >= 0.3 is 11.9 Å². The summed E-state index contributed by atoms with van der Waals surface area (Å²) in [6.07, 6.45) is 2.23. The molecule has 0 radical (unpaired) electrons. The number of esters is 2. The second-order valence-electron chi connectivity index (χ2n) is 11.2. The molecule has 10 atom stereocenters. The largest absolute Gasteiger partial charge is 0.469 e. The molecule has 0 amide bonds. The van der Waals surface area contributed by atoms with Crippen LogP contribution in [0.5, 0.6) is 0 Å². The van der Waals surface area contributed by atoms with Crippen LogP contribution in [0.4, 0.5) is 0 Å². The average molecular weight is 446 g/mol. The predicted molar refractivity (Wildman–Crippen MR) is 108 cm³/mol. The van der Waals surface area contributed by atoms with Gasteiger partial charge in [-0.1, -0.05) is 13.8 Å². The molecule has 6 aliphatic rings. The highest BCUT2D eigenvalue weighted by molar-refractivity contribution is 5.92. The first-order chi connectivity index (χ1) is 15.0. The number of hydrogen-bond donors (Lipinski definition) is 2. The van der Waals surface area contributed by atoms with Crippen molar-refractivity contribution in [2.24, 2.45) is 28.6 Å². The Morgan fingerprint density at radius 3 is 2.59 bits per heavy atom. The van der Waals surface area contributed by atoms with E-state index in [1.807, 2.05) is 0 Å². The molecule has 0 aromatic heterocycles. The van der Waals surface area contributed by atoms with E-state index < -0.39 is 52.1 Å². The van der Waals surface area contributed by atoms with Crippen molar-refractivity contribution in [1.82, 2.24) is 0 Å².